The summed E-state index contributed by atoms with van der Waals surface area (Å²) in [6.07, 6.45) is 0.960. The summed E-state index contributed by atoms with van der Waals surface area (Å²) in [5.74, 6) is -0.528. The molecule has 4 aromatic rings. The molecule has 0 saturated carbocycles. The largest absolute Gasteiger partial charge is 0.297 e. The van der Waals surface area contributed by atoms with Crippen molar-refractivity contribution in [2.45, 2.75) is 20.3 Å². The van der Waals surface area contributed by atoms with Gasteiger partial charge in [0.25, 0.3) is 5.91 Å². The molecule has 2 aromatic carbocycles. The van der Waals surface area contributed by atoms with Crippen LogP contribution in [0.5, 0.6) is 0 Å². The minimum Gasteiger partial charge on any atom is -0.297 e. The van der Waals surface area contributed by atoms with Crippen molar-refractivity contribution in [2.75, 3.05) is 5.32 Å². The van der Waals surface area contributed by atoms with Gasteiger partial charge in [-0.15, -0.1) is 11.3 Å². The van der Waals surface area contributed by atoms with Crippen LogP contribution in [0.15, 0.2) is 42.5 Å². The van der Waals surface area contributed by atoms with Gasteiger partial charge in [-0.1, -0.05) is 24.3 Å². The average Bonchev–Trinajstić information content (AvgIpc) is 3.24. The van der Waals surface area contributed by atoms with E-state index in [9.17, 15) is 9.18 Å². The monoisotopic (exact) mass is 397 g/mol. The van der Waals surface area contributed by atoms with Crippen LogP contribution in [-0.4, -0.2) is 15.9 Å². The molecular weight excluding hydrogens is 381 g/mol. The highest BCUT2D eigenvalue weighted by Crippen LogP contribution is 2.31. The molecule has 2 aromatic heterocycles. The zero-order valence-electron chi connectivity index (χ0n) is 14.7. The lowest BCUT2D eigenvalue weighted by atomic mass is 10.2. The van der Waals surface area contributed by atoms with Gasteiger partial charge in [-0.3, -0.25) is 10.1 Å². The quantitative estimate of drug-likeness (QED) is 0.482. The number of hydrogen-bond acceptors (Lipinski definition) is 5. The van der Waals surface area contributed by atoms with E-state index in [0.29, 0.717) is 20.7 Å². The number of thiazole rings is 2. The number of nitrogens with zero attached hydrogens (tertiary/aromatic N) is 2. The third kappa shape index (κ3) is 3.61. The molecule has 0 spiro atoms. The van der Waals surface area contributed by atoms with E-state index < -0.39 is 0 Å². The summed E-state index contributed by atoms with van der Waals surface area (Å²) in [4.78, 5) is 22.2. The molecular formula is C20H16FN3OS2. The first-order valence-corrected chi connectivity index (χ1v) is 10.1. The van der Waals surface area contributed by atoms with Crippen LogP contribution in [-0.2, 0) is 6.42 Å². The Morgan fingerprint density at radius 3 is 2.63 bits per heavy atom. The fourth-order valence-corrected chi connectivity index (χ4v) is 4.61. The van der Waals surface area contributed by atoms with Crippen LogP contribution in [0.25, 0.3) is 20.8 Å². The van der Waals surface area contributed by atoms with Crippen LogP contribution in [0.1, 0.15) is 27.9 Å². The lowest BCUT2D eigenvalue weighted by molar-refractivity contribution is 0.103. The number of carbonyl (C=O) groups excluding carboxylic acids is 1. The molecule has 0 unspecified atom stereocenters. The SMILES string of the molecule is CCc1ccc2nc(NC(=O)c3sc(-c4ccc(F)cc4)nc3C)sc2c1. The Bertz CT molecular complexity index is 1130. The van der Waals surface area contributed by atoms with Crippen molar-refractivity contribution in [1.29, 1.82) is 0 Å². The topological polar surface area (TPSA) is 54.9 Å². The highest BCUT2D eigenvalue weighted by Gasteiger charge is 2.18. The van der Waals surface area contributed by atoms with Crippen LogP contribution >= 0.6 is 22.7 Å². The maximum absolute atomic E-state index is 13.1. The first kappa shape index (κ1) is 17.8. The van der Waals surface area contributed by atoms with Crippen molar-refractivity contribution in [3.63, 3.8) is 0 Å². The van der Waals surface area contributed by atoms with Gasteiger partial charge in [0.15, 0.2) is 5.13 Å². The first-order valence-electron chi connectivity index (χ1n) is 8.47. The van der Waals surface area contributed by atoms with Gasteiger partial charge in [0.1, 0.15) is 15.7 Å². The van der Waals surface area contributed by atoms with Crippen molar-refractivity contribution < 1.29 is 9.18 Å². The molecule has 0 aliphatic heterocycles. The lowest BCUT2D eigenvalue weighted by Crippen LogP contribution is -2.11. The summed E-state index contributed by atoms with van der Waals surface area (Å²) in [5, 5.41) is 4.14. The third-order valence-electron chi connectivity index (χ3n) is 4.18. The fourth-order valence-electron chi connectivity index (χ4n) is 2.72. The van der Waals surface area contributed by atoms with Gasteiger partial charge in [-0.05, 0) is 55.3 Å². The Balaban J connectivity index is 1.59. The number of halogens is 1. The van der Waals surface area contributed by atoms with Gasteiger partial charge in [0, 0.05) is 5.56 Å². The van der Waals surface area contributed by atoms with Gasteiger partial charge in [-0.25, -0.2) is 14.4 Å². The van der Waals surface area contributed by atoms with E-state index in [2.05, 4.69) is 34.3 Å². The summed E-state index contributed by atoms with van der Waals surface area (Å²) in [7, 11) is 0. The van der Waals surface area contributed by atoms with Crippen molar-refractivity contribution >= 4 is 43.9 Å². The predicted molar refractivity (Wildman–Crippen MR) is 109 cm³/mol. The molecule has 0 radical (unpaired) electrons. The standard InChI is InChI=1S/C20H16FN3OS2/c1-3-12-4-9-15-16(10-12)26-20(23-15)24-18(25)17-11(2)22-19(27-17)13-5-7-14(21)8-6-13/h4-10H,3H2,1-2H3,(H,23,24,25). The zero-order valence-corrected chi connectivity index (χ0v) is 16.4. The Morgan fingerprint density at radius 1 is 1.11 bits per heavy atom. The van der Waals surface area contributed by atoms with Crippen LogP contribution in [0.4, 0.5) is 9.52 Å². The van der Waals surface area contributed by atoms with Crippen LogP contribution in [0, 0.1) is 12.7 Å². The van der Waals surface area contributed by atoms with E-state index in [1.54, 1.807) is 19.1 Å². The predicted octanol–water partition coefficient (Wildman–Crippen LogP) is 5.68. The normalized spacial score (nSPS) is 11.1. The fraction of sp³-hybridized carbons (Fsp3) is 0.150. The number of carbonyl (C=O) groups is 1. The number of fused-ring (bicyclic) bond motifs is 1. The summed E-state index contributed by atoms with van der Waals surface area (Å²) in [6.45, 7) is 3.90. The van der Waals surface area contributed by atoms with Gasteiger partial charge >= 0.3 is 0 Å². The second-order valence-electron chi connectivity index (χ2n) is 6.07. The molecule has 0 bridgehead atoms. The number of aryl methyl sites for hydroxylation is 2. The van der Waals surface area contributed by atoms with Crippen LogP contribution in [0.3, 0.4) is 0 Å². The van der Waals surface area contributed by atoms with Crippen molar-refractivity contribution in [3.8, 4) is 10.6 Å². The van der Waals surface area contributed by atoms with Gasteiger partial charge in [0.05, 0.1) is 15.9 Å². The number of hydrogen-bond donors (Lipinski definition) is 1. The number of rotatable bonds is 4. The number of benzene rings is 2. The molecule has 0 aliphatic rings. The van der Waals surface area contributed by atoms with Crippen LogP contribution in [0.2, 0.25) is 0 Å². The van der Waals surface area contributed by atoms with Gasteiger partial charge < -0.3 is 0 Å². The lowest BCUT2D eigenvalue weighted by Gasteiger charge is -1.98. The Hall–Kier alpha value is -2.64. The number of amides is 1. The first-order chi connectivity index (χ1) is 13.0. The highest BCUT2D eigenvalue weighted by molar-refractivity contribution is 7.22. The van der Waals surface area contributed by atoms with E-state index in [-0.39, 0.29) is 11.7 Å². The smallest absolute Gasteiger partial charge is 0.269 e. The van der Waals surface area contributed by atoms with Gasteiger partial charge in [0.2, 0.25) is 0 Å². The second-order valence-corrected chi connectivity index (χ2v) is 8.10. The molecule has 27 heavy (non-hydrogen) atoms. The Morgan fingerprint density at radius 2 is 1.89 bits per heavy atom. The number of nitrogens with one attached hydrogen (secondary N) is 1. The molecule has 2 heterocycles. The molecule has 4 nitrogen and oxygen atoms in total. The molecule has 0 aliphatic carbocycles. The van der Waals surface area contributed by atoms with Crippen molar-refractivity contribution in [2.24, 2.45) is 0 Å². The third-order valence-corrected chi connectivity index (χ3v) is 6.31. The summed E-state index contributed by atoms with van der Waals surface area (Å²) in [5.41, 5.74) is 3.55. The summed E-state index contributed by atoms with van der Waals surface area (Å²) >= 11 is 2.75. The van der Waals surface area contributed by atoms with Crippen LogP contribution < -0.4 is 5.32 Å². The van der Waals surface area contributed by atoms with E-state index in [1.807, 2.05) is 6.07 Å². The minimum atomic E-state index is -0.299. The number of anilines is 1. The van der Waals surface area contributed by atoms with E-state index in [0.717, 1.165) is 22.2 Å². The van der Waals surface area contributed by atoms with E-state index in [4.69, 9.17) is 0 Å². The van der Waals surface area contributed by atoms with Crippen molar-refractivity contribution in [3.05, 3.63) is 64.4 Å². The molecule has 0 atom stereocenters. The maximum Gasteiger partial charge on any atom is 0.269 e. The van der Waals surface area contributed by atoms with Crippen molar-refractivity contribution in [1.82, 2.24) is 9.97 Å². The molecule has 0 fully saturated rings. The average molecular weight is 398 g/mol. The number of aromatic nitrogens is 2. The summed E-state index contributed by atoms with van der Waals surface area (Å²) in [6, 6.07) is 12.2. The molecule has 1 N–H and O–H groups in total. The Kier molecular flexibility index (Phi) is 4.72. The second kappa shape index (κ2) is 7.17. The molecule has 0 saturated heterocycles. The molecule has 136 valence electrons. The highest BCUT2D eigenvalue weighted by atomic mass is 32.1. The zero-order chi connectivity index (χ0) is 19.0. The molecule has 7 heteroatoms. The van der Waals surface area contributed by atoms with Gasteiger partial charge in [-0.2, -0.15) is 0 Å². The molecule has 4 rings (SSSR count). The van der Waals surface area contributed by atoms with E-state index in [1.165, 1.54) is 40.4 Å². The molecule has 1 amide bonds. The van der Waals surface area contributed by atoms with E-state index >= 15 is 0 Å². The minimum absolute atomic E-state index is 0.229. The Labute approximate surface area is 163 Å². The maximum atomic E-state index is 13.1. The summed E-state index contributed by atoms with van der Waals surface area (Å²) < 4.78 is 14.2.